The first kappa shape index (κ1) is 13.1. The van der Waals surface area contributed by atoms with Crippen LogP contribution in [0.5, 0.6) is 0 Å². The fourth-order valence-electron chi connectivity index (χ4n) is 2.12. The highest BCUT2D eigenvalue weighted by Crippen LogP contribution is 2.39. The molecule has 2 nitrogen and oxygen atoms in total. The van der Waals surface area contributed by atoms with E-state index in [1.807, 2.05) is 6.08 Å². The summed E-state index contributed by atoms with van der Waals surface area (Å²) >= 11 is 7.73. The van der Waals surface area contributed by atoms with Crippen LogP contribution in [-0.2, 0) is 11.2 Å². The lowest BCUT2D eigenvalue weighted by Crippen LogP contribution is -2.23. The number of hydrogen-bond donors (Lipinski definition) is 1. The fraction of sp³-hybridized carbons (Fsp3) is 0.538. The molecule has 0 aromatic carbocycles. The van der Waals surface area contributed by atoms with Gasteiger partial charge in [0.05, 0.1) is 17.6 Å². The van der Waals surface area contributed by atoms with Crippen molar-refractivity contribution in [2.75, 3.05) is 19.8 Å². The molecule has 2 rings (SSSR count). The molecule has 1 atom stereocenters. The summed E-state index contributed by atoms with van der Waals surface area (Å²) < 4.78 is 6.38. The van der Waals surface area contributed by atoms with Gasteiger partial charge in [-0.2, -0.15) is 0 Å². The Bertz CT molecular complexity index is 377. The minimum absolute atomic E-state index is 0.469. The number of hydrogen-bond acceptors (Lipinski definition) is 3. The Morgan fingerprint density at radius 3 is 3.29 bits per heavy atom. The molecule has 1 unspecified atom stereocenters. The highest BCUT2D eigenvalue weighted by molar-refractivity contribution is 7.16. The molecule has 1 heterocycles. The Kier molecular flexibility index (Phi) is 5.04. The molecule has 0 aliphatic heterocycles. The summed E-state index contributed by atoms with van der Waals surface area (Å²) in [4.78, 5) is 1.44. The van der Waals surface area contributed by atoms with Gasteiger partial charge in [0.1, 0.15) is 0 Å². The minimum Gasteiger partial charge on any atom is -0.380 e. The number of halogens is 1. The van der Waals surface area contributed by atoms with E-state index in [0.29, 0.717) is 6.04 Å². The molecule has 1 aliphatic carbocycles. The van der Waals surface area contributed by atoms with Gasteiger partial charge >= 0.3 is 0 Å². The van der Waals surface area contributed by atoms with Gasteiger partial charge in [0, 0.05) is 17.5 Å². The average molecular weight is 272 g/mol. The molecular weight excluding hydrogens is 254 g/mol. The molecule has 94 valence electrons. The Morgan fingerprint density at radius 1 is 1.59 bits per heavy atom. The lowest BCUT2D eigenvalue weighted by atomic mass is 10.2. The molecule has 1 aliphatic rings. The first-order valence-electron chi connectivity index (χ1n) is 6.01. The molecule has 0 fully saturated rings. The van der Waals surface area contributed by atoms with E-state index in [1.165, 1.54) is 16.9 Å². The lowest BCUT2D eigenvalue weighted by molar-refractivity contribution is 0.138. The standard InChI is InChI=1S/C13H18ClNOS/c1-2-3-7-16-8-6-15-11-4-5-12-10(11)9-13(14)17-12/h2,9,11,15H,1,3-8H2. The molecule has 1 aromatic heterocycles. The third-order valence-electron chi connectivity index (χ3n) is 2.95. The van der Waals surface area contributed by atoms with Crippen molar-refractivity contribution in [3.63, 3.8) is 0 Å². The van der Waals surface area contributed by atoms with Crippen molar-refractivity contribution in [3.05, 3.63) is 33.5 Å². The van der Waals surface area contributed by atoms with E-state index in [0.717, 1.165) is 36.9 Å². The van der Waals surface area contributed by atoms with Gasteiger partial charge < -0.3 is 10.1 Å². The molecule has 0 saturated heterocycles. The molecule has 0 bridgehead atoms. The van der Waals surface area contributed by atoms with E-state index in [9.17, 15) is 0 Å². The van der Waals surface area contributed by atoms with Crippen molar-refractivity contribution in [3.8, 4) is 0 Å². The van der Waals surface area contributed by atoms with Gasteiger partial charge in [-0.15, -0.1) is 17.9 Å². The second kappa shape index (κ2) is 6.55. The van der Waals surface area contributed by atoms with E-state index in [1.54, 1.807) is 11.3 Å². The van der Waals surface area contributed by atoms with Crippen LogP contribution in [0.25, 0.3) is 0 Å². The van der Waals surface area contributed by atoms with Gasteiger partial charge in [-0.25, -0.2) is 0 Å². The monoisotopic (exact) mass is 271 g/mol. The van der Waals surface area contributed by atoms with E-state index >= 15 is 0 Å². The summed E-state index contributed by atoms with van der Waals surface area (Å²) in [5, 5.41) is 3.53. The maximum Gasteiger partial charge on any atom is 0.0934 e. The van der Waals surface area contributed by atoms with Gasteiger partial charge in [-0.05, 0) is 30.9 Å². The van der Waals surface area contributed by atoms with Crippen LogP contribution in [0.1, 0.15) is 29.3 Å². The fourth-order valence-corrected chi connectivity index (χ4v) is 3.47. The molecule has 1 aromatic rings. The summed E-state index contributed by atoms with van der Waals surface area (Å²) in [6.45, 7) is 6.09. The molecule has 1 N–H and O–H groups in total. The van der Waals surface area contributed by atoms with E-state index in [4.69, 9.17) is 16.3 Å². The van der Waals surface area contributed by atoms with Crippen LogP contribution in [0.2, 0.25) is 4.34 Å². The number of nitrogens with one attached hydrogen (secondary N) is 1. The van der Waals surface area contributed by atoms with Crippen LogP contribution in [0.3, 0.4) is 0 Å². The zero-order chi connectivity index (χ0) is 12.1. The molecule has 0 saturated carbocycles. The maximum absolute atomic E-state index is 6.02. The van der Waals surface area contributed by atoms with Gasteiger partial charge in [0.25, 0.3) is 0 Å². The summed E-state index contributed by atoms with van der Waals surface area (Å²) in [6, 6.07) is 2.57. The maximum atomic E-state index is 6.02. The quantitative estimate of drug-likeness (QED) is 0.605. The number of ether oxygens (including phenoxy) is 1. The minimum atomic E-state index is 0.469. The van der Waals surface area contributed by atoms with Crippen LogP contribution >= 0.6 is 22.9 Å². The van der Waals surface area contributed by atoms with Crippen molar-refractivity contribution in [2.45, 2.75) is 25.3 Å². The molecular formula is C13H18ClNOS. The Labute approximate surface area is 112 Å². The summed E-state index contributed by atoms with van der Waals surface area (Å²) in [7, 11) is 0. The summed E-state index contributed by atoms with van der Waals surface area (Å²) in [5.74, 6) is 0. The second-order valence-corrected chi connectivity index (χ2v) is 5.93. The highest BCUT2D eigenvalue weighted by atomic mass is 35.5. The van der Waals surface area contributed by atoms with E-state index < -0.39 is 0 Å². The Morgan fingerprint density at radius 2 is 2.47 bits per heavy atom. The lowest BCUT2D eigenvalue weighted by Gasteiger charge is -2.12. The number of fused-ring (bicyclic) bond motifs is 1. The van der Waals surface area contributed by atoms with Crippen LogP contribution in [0, 0.1) is 0 Å². The number of rotatable bonds is 7. The van der Waals surface area contributed by atoms with Crippen LogP contribution < -0.4 is 5.32 Å². The average Bonchev–Trinajstić information content (AvgIpc) is 2.83. The zero-order valence-electron chi connectivity index (χ0n) is 9.88. The van der Waals surface area contributed by atoms with Crippen molar-refractivity contribution in [1.82, 2.24) is 5.32 Å². The van der Waals surface area contributed by atoms with Crippen molar-refractivity contribution in [1.29, 1.82) is 0 Å². The van der Waals surface area contributed by atoms with Crippen molar-refractivity contribution in [2.24, 2.45) is 0 Å². The van der Waals surface area contributed by atoms with Crippen molar-refractivity contribution >= 4 is 22.9 Å². The summed E-state index contributed by atoms with van der Waals surface area (Å²) in [5.41, 5.74) is 1.39. The molecule has 0 radical (unpaired) electrons. The molecule has 17 heavy (non-hydrogen) atoms. The van der Waals surface area contributed by atoms with Crippen LogP contribution in [-0.4, -0.2) is 19.8 Å². The first-order chi connectivity index (χ1) is 8.31. The van der Waals surface area contributed by atoms with Crippen molar-refractivity contribution < 1.29 is 4.74 Å². The number of thiophene rings is 1. The highest BCUT2D eigenvalue weighted by Gasteiger charge is 2.24. The first-order valence-corrected chi connectivity index (χ1v) is 7.21. The number of aryl methyl sites for hydroxylation is 1. The van der Waals surface area contributed by atoms with Gasteiger partial charge in [-0.1, -0.05) is 17.7 Å². The molecule has 4 heteroatoms. The predicted molar refractivity (Wildman–Crippen MR) is 74.0 cm³/mol. The predicted octanol–water partition coefficient (Wildman–Crippen LogP) is 3.57. The second-order valence-electron chi connectivity index (χ2n) is 4.16. The molecule has 0 spiro atoms. The SMILES string of the molecule is C=CCCOCCNC1CCc2sc(Cl)cc21. The van der Waals surface area contributed by atoms with Gasteiger partial charge in [0.15, 0.2) is 0 Å². The Hall–Kier alpha value is -0.350. The van der Waals surface area contributed by atoms with Crippen LogP contribution in [0.15, 0.2) is 18.7 Å². The van der Waals surface area contributed by atoms with E-state index in [2.05, 4.69) is 18.0 Å². The molecule has 0 amide bonds. The Balaban J connectivity index is 1.69. The smallest absolute Gasteiger partial charge is 0.0934 e. The topological polar surface area (TPSA) is 21.3 Å². The zero-order valence-corrected chi connectivity index (χ0v) is 11.4. The van der Waals surface area contributed by atoms with Gasteiger partial charge in [-0.3, -0.25) is 0 Å². The van der Waals surface area contributed by atoms with E-state index in [-0.39, 0.29) is 0 Å². The third kappa shape index (κ3) is 3.55. The normalized spacial score (nSPS) is 18.3. The third-order valence-corrected chi connectivity index (χ3v) is 4.29. The van der Waals surface area contributed by atoms with Gasteiger partial charge in [0.2, 0.25) is 0 Å². The largest absolute Gasteiger partial charge is 0.380 e. The van der Waals surface area contributed by atoms with Crippen LogP contribution in [0.4, 0.5) is 0 Å². The summed E-state index contributed by atoms with van der Waals surface area (Å²) in [6.07, 6.45) is 5.14.